The minimum absolute atomic E-state index is 0.127. The van der Waals surface area contributed by atoms with Crippen molar-refractivity contribution in [2.75, 3.05) is 6.54 Å². The summed E-state index contributed by atoms with van der Waals surface area (Å²) < 4.78 is 24.9. The van der Waals surface area contributed by atoms with Crippen LogP contribution in [-0.2, 0) is 9.84 Å². The largest absolute Gasteiger partial charge is 0.314 e. The highest BCUT2D eigenvalue weighted by Crippen LogP contribution is 2.28. The smallest absolute Gasteiger partial charge is 0.156 e. The first-order chi connectivity index (χ1) is 7.89. The third-order valence-corrected chi connectivity index (χ3v) is 6.98. The topological polar surface area (TPSA) is 46.2 Å². The Morgan fingerprint density at radius 1 is 1.24 bits per heavy atom. The fourth-order valence-corrected chi connectivity index (χ4v) is 4.96. The molecule has 0 saturated heterocycles. The van der Waals surface area contributed by atoms with Crippen molar-refractivity contribution < 1.29 is 8.42 Å². The molecule has 0 aromatic rings. The molecule has 0 radical (unpaired) electrons. The Hall–Kier alpha value is -0.0900. The van der Waals surface area contributed by atoms with Gasteiger partial charge in [0.1, 0.15) is 0 Å². The van der Waals surface area contributed by atoms with Crippen LogP contribution in [0, 0.1) is 5.92 Å². The fourth-order valence-electron chi connectivity index (χ4n) is 2.60. The maximum absolute atomic E-state index is 12.4. The van der Waals surface area contributed by atoms with E-state index in [1.54, 1.807) is 0 Å². The molecule has 0 spiro atoms. The highest BCUT2D eigenvalue weighted by Gasteiger charge is 2.36. The van der Waals surface area contributed by atoms with Gasteiger partial charge in [0.25, 0.3) is 0 Å². The van der Waals surface area contributed by atoms with E-state index in [2.05, 4.69) is 12.2 Å². The Kier molecular flexibility index (Phi) is 5.45. The lowest BCUT2D eigenvalue weighted by Crippen LogP contribution is -2.42. The van der Waals surface area contributed by atoms with E-state index in [0.29, 0.717) is 6.04 Å². The molecule has 0 amide bonds. The van der Waals surface area contributed by atoms with Crippen molar-refractivity contribution in [1.29, 1.82) is 0 Å². The molecule has 3 nitrogen and oxygen atoms in total. The van der Waals surface area contributed by atoms with Crippen molar-refractivity contribution in [3.63, 3.8) is 0 Å². The first-order valence-corrected chi connectivity index (χ1v) is 8.46. The second kappa shape index (κ2) is 6.19. The Labute approximate surface area is 106 Å². The van der Waals surface area contributed by atoms with E-state index in [1.165, 1.54) is 0 Å². The summed E-state index contributed by atoms with van der Waals surface area (Å²) in [6, 6.07) is 0.396. The highest BCUT2D eigenvalue weighted by atomic mass is 32.2. The van der Waals surface area contributed by atoms with Crippen molar-refractivity contribution >= 4 is 9.84 Å². The fraction of sp³-hybridized carbons (Fsp3) is 1.00. The second-order valence-corrected chi connectivity index (χ2v) is 8.17. The molecule has 0 aromatic heterocycles. The van der Waals surface area contributed by atoms with Crippen molar-refractivity contribution in [1.82, 2.24) is 5.32 Å². The summed E-state index contributed by atoms with van der Waals surface area (Å²) in [5.74, 6) is 0.208. The predicted octanol–water partition coefficient (Wildman–Crippen LogP) is 2.37. The van der Waals surface area contributed by atoms with Gasteiger partial charge in [0.2, 0.25) is 0 Å². The normalized spacial score (nSPS) is 28.3. The molecular formula is C13H27NO2S. The van der Waals surface area contributed by atoms with Gasteiger partial charge in [-0.2, -0.15) is 0 Å². The maximum Gasteiger partial charge on any atom is 0.156 e. The van der Waals surface area contributed by atoms with Gasteiger partial charge in [0.05, 0.1) is 10.5 Å². The molecule has 1 aliphatic rings. The van der Waals surface area contributed by atoms with Gasteiger partial charge in [-0.3, -0.25) is 0 Å². The van der Waals surface area contributed by atoms with Crippen LogP contribution in [-0.4, -0.2) is 31.5 Å². The molecule has 102 valence electrons. The first-order valence-electron chi connectivity index (χ1n) is 6.85. The van der Waals surface area contributed by atoms with Gasteiger partial charge in [-0.05, 0) is 38.6 Å². The van der Waals surface area contributed by atoms with Crippen LogP contribution in [0.1, 0.15) is 53.4 Å². The molecule has 0 aliphatic heterocycles. The molecule has 1 N–H and O–H groups in total. The molecule has 3 atom stereocenters. The Bertz CT molecular complexity index is 322. The van der Waals surface area contributed by atoms with E-state index in [4.69, 9.17) is 0 Å². The molecule has 0 aromatic carbocycles. The Morgan fingerprint density at radius 3 is 2.41 bits per heavy atom. The molecule has 1 fully saturated rings. The van der Waals surface area contributed by atoms with Crippen LogP contribution >= 0.6 is 0 Å². The summed E-state index contributed by atoms with van der Waals surface area (Å²) in [7, 11) is -2.95. The summed E-state index contributed by atoms with van der Waals surface area (Å²) >= 11 is 0. The molecule has 1 rings (SSSR count). The number of hydrogen-bond acceptors (Lipinski definition) is 3. The second-order valence-electron chi connectivity index (χ2n) is 5.58. The van der Waals surface area contributed by atoms with Crippen LogP contribution in [0.5, 0.6) is 0 Å². The molecule has 4 heteroatoms. The van der Waals surface area contributed by atoms with Crippen LogP contribution in [0.2, 0.25) is 0 Å². The molecule has 0 heterocycles. The van der Waals surface area contributed by atoms with Gasteiger partial charge in [0.15, 0.2) is 9.84 Å². The lowest BCUT2D eigenvalue weighted by molar-refractivity contribution is 0.374. The van der Waals surface area contributed by atoms with E-state index >= 15 is 0 Å². The summed E-state index contributed by atoms with van der Waals surface area (Å²) in [5, 5.41) is 3.05. The minimum Gasteiger partial charge on any atom is -0.314 e. The average molecular weight is 261 g/mol. The lowest BCUT2D eigenvalue weighted by Gasteiger charge is -2.32. The van der Waals surface area contributed by atoms with Gasteiger partial charge in [0, 0.05) is 6.04 Å². The average Bonchev–Trinajstić information content (AvgIpc) is 2.28. The van der Waals surface area contributed by atoms with E-state index in [-0.39, 0.29) is 16.4 Å². The summed E-state index contributed by atoms with van der Waals surface area (Å²) in [6.45, 7) is 8.85. The zero-order valence-electron chi connectivity index (χ0n) is 11.6. The van der Waals surface area contributed by atoms with E-state index in [1.807, 2.05) is 20.8 Å². The SMILES string of the molecule is CCNC1CCCC(S(=O)(=O)C(C)C(C)C)C1. The summed E-state index contributed by atoms with van der Waals surface area (Å²) in [5.41, 5.74) is 0. The highest BCUT2D eigenvalue weighted by molar-refractivity contribution is 7.92. The Morgan fingerprint density at radius 2 is 1.88 bits per heavy atom. The first kappa shape index (κ1) is 15.0. The molecule has 1 aliphatic carbocycles. The number of hydrogen-bond donors (Lipinski definition) is 1. The molecular weight excluding hydrogens is 234 g/mol. The molecule has 3 unspecified atom stereocenters. The van der Waals surface area contributed by atoms with Crippen molar-refractivity contribution in [2.24, 2.45) is 5.92 Å². The minimum atomic E-state index is -2.95. The third-order valence-electron chi connectivity index (χ3n) is 4.04. The zero-order chi connectivity index (χ0) is 13.1. The molecule has 1 saturated carbocycles. The van der Waals surface area contributed by atoms with E-state index in [9.17, 15) is 8.42 Å². The van der Waals surface area contributed by atoms with Gasteiger partial charge >= 0.3 is 0 Å². The van der Waals surface area contributed by atoms with Crippen molar-refractivity contribution in [3.8, 4) is 0 Å². The van der Waals surface area contributed by atoms with Crippen LogP contribution in [0.3, 0.4) is 0 Å². The summed E-state index contributed by atoms with van der Waals surface area (Å²) in [4.78, 5) is 0. The van der Waals surface area contributed by atoms with Crippen LogP contribution in [0.25, 0.3) is 0 Å². The van der Waals surface area contributed by atoms with Gasteiger partial charge in [-0.15, -0.1) is 0 Å². The van der Waals surface area contributed by atoms with Gasteiger partial charge < -0.3 is 5.32 Å². The van der Waals surface area contributed by atoms with E-state index in [0.717, 1.165) is 32.2 Å². The van der Waals surface area contributed by atoms with Gasteiger partial charge in [-0.1, -0.05) is 27.2 Å². The number of nitrogens with one attached hydrogen (secondary N) is 1. The van der Waals surface area contributed by atoms with E-state index < -0.39 is 9.84 Å². The predicted molar refractivity (Wildman–Crippen MR) is 72.9 cm³/mol. The Balaban J connectivity index is 2.71. The van der Waals surface area contributed by atoms with Crippen molar-refractivity contribution in [2.45, 2.75) is 69.9 Å². The number of rotatable bonds is 5. The van der Waals surface area contributed by atoms with Crippen LogP contribution in [0.4, 0.5) is 0 Å². The third kappa shape index (κ3) is 3.68. The quantitative estimate of drug-likeness (QED) is 0.826. The van der Waals surface area contributed by atoms with Gasteiger partial charge in [-0.25, -0.2) is 8.42 Å². The van der Waals surface area contributed by atoms with Crippen LogP contribution in [0.15, 0.2) is 0 Å². The standard InChI is InChI=1S/C13H27NO2S/c1-5-14-12-7-6-8-13(9-12)17(15,16)11(4)10(2)3/h10-14H,5-9H2,1-4H3. The van der Waals surface area contributed by atoms with Crippen LogP contribution < -0.4 is 5.32 Å². The molecule has 17 heavy (non-hydrogen) atoms. The number of sulfone groups is 1. The lowest BCUT2D eigenvalue weighted by atomic mass is 9.95. The molecule has 0 bridgehead atoms. The summed E-state index contributed by atoms with van der Waals surface area (Å²) in [6.07, 6.45) is 3.80. The zero-order valence-corrected chi connectivity index (χ0v) is 12.4. The van der Waals surface area contributed by atoms with Crippen molar-refractivity contribution in [3.05, 3.63) is 0 Å². The monoisotopic (exact) mass is 261 g/mol. The maximum atomic E-state index is 12.4.